The molecular weight excluding hydrogens is 280 g/mol. The van der Waals surface area contributed by atoms with Crippen molar-refractivity contribution < 1.29 is 14.6 Å². The Hall–Kier alpha value is -0.670. The van der Waals surface area contributed by atoms with Crippen molar-refractivity contribution in [3.63, 3.8) is 0 Å². The normalized spacial score (nSPS) is 30.8. The summed E-state index contributed by atoms with van der Waals surface area (Å²) in [5.74, 6) is 0.198. The Bertz CT molecular complexity index is 359. The highest BCUT2D eigenvalue weighted by atomic mass is 16.5. The predicted molar refractivity (Wildman–Crippen MR) is 87.4 cm³/mol. The third-order valence-electron chi connectivity index (χ3n) is 4.46. The second-order valence-electron chi connectivity index (χ2n) is 6.86. The van der Waals surface area contributed by atoms with Gasteiger partial charge in [0.1, 0.15) is 12.8 Å². The van der Waals surface area contributed by atoms with Gasteiger partial charge in [0.25, 0.3) is 0 Å². The van der Waals surface area contributed by atoms with Crippen molar-refractivity contribution in [3.8, 4) is 0 Å². The average molecular weight is 312 g/mol. The van der Waals surface area contributed by atoms with E-state index in [2.05, 4.69) is 44.4 Å². The number of nitrogens with zero attached hydrogens (tertiary/aromatic N) is 2. The van der Waals surface area contributed by atoms with Crippen LogP contribution in [0.15, 0.2) is 0 Å². The Labute approximate surface area is 135 Å². The Morgan fingerprint density at radius 2 is 1.86 bits per heavy atom. The van der Waals surface area contributed by atoms with E-state index in [0.29, 0.717) is 31.8 Å². The molecule has 1 heterocycles. The summed E-state index contributed by atoms with van der Waals surface area (Å²) in [7, 11) is 0. The molecule has 0 aromatic carbocycles. The van der Waals surface area contributed by atoms with Gasteiger partial charge in [0.15, 0.2) is 0 Å². The lowest BCUT2D eigenvalue weighted by molar-refractivity contribution is -0.205. The molecule has 5 atom stereocenters. The molecule has 1 saturated heterocycles. The SMILES string of the molecule is [C-]#[N+]CCO[C@H](C1C(C)CO[C@@H](C)C1O)N(C(C)C)C(C)C. The molecule has 0 bridgehead atoms. The minimum atomic E-state index is -0.554. The number of hydrogen-bond donors (Lipinski definition) is 1. The zero-order valence-electron chi connectivity index (χ0n) is 14.8. The van der Waals surface area contributed by atoms with Crippen molar-refractivity contribution >= 4 is 0 Å². The van der Waals surface area contributed by atoms with Crippen LogP contribution in [0.5, 0.6) is 0 Å². The lowest BCUT2D eigenvalue weighted by atomic mass is 9.82. The van der Waals surface area contributed by atoms with Crippen LogP contribution in [0, 0.1) is 18.4 Å². The van der Waals surface area contributed by atoms with Gasteiger partial charge in [0.05, 0.1) is 18.8 Å². The van der Waals surface area contributed by atoms with Crippen LogP contribution in [-0.2, 0) is 9.47 Å². The van der Waals surface area contributed by atoms with E-state index >= 15 is 0 Å². The van der Waals surface area contributed by atoms with Crippen LogP contribution in [0.2, 0.25) is 0 Å². The quantitative estimate of drug-likeness (QED) is 0.445. The molecule has 1 aliphatic rings. The van der Waals surface area contributed by atoms with E-state index in [9.17, 15) is 5.11 Å². The topological polar surface area (TPSA) is 46.3 Å². The standard InChI is InChI=1S/C17H32N2O3/c1-11(2)19(12(3)4)17(21-9-8-18-7)15-13(5)10-22-14(6)16(15)20/h11-17,20H,8-10H2,1-6H3/t13?,14-,15?,16?,17+/m0/s1. The summed E-state index contributed by atoms with van der Waals surface area (Å²) < 4.78 is 11.7. The first-order chi connectivity index (χ1) is 10.3. The van der Waals surface area contributed by atoms with E-state index < -0.39 is 6.10 Å². The smallest absolute Gasteiger partial charge is 0.237 e. The zero-order valence-corrected chi connectivity index (χ0v) is 14.8. The van der Waals surface area contributed by atoms with Crippen LogP contribution in [0.3, 0.4) is 0 Å². The highest BCUT2D eigenvalue weighted by Gasteiger charge is 2.44. The largest absolute Gasteiger partial charge is 0.390 e. The fourth-order valence-corrected chi connectivity index (χ4v) is 3.41. The van der Waals surface area contributed by atoms with Crippen LogP contribution in [0.25, 0.3) is 4.85 Å². The van der Waals surface area contributed by atoms with E-state index in [1.165, 1.54) is 0 Å². The fourth-order valence-electron chi connectivity index (χ4n) is 3.41. The summed E-state index contributed by atoms with van der Waals surface area (Å²) in [6, 6.07) is 0.603. The maximum atomic E-state index is 10.7. The van der Waals surface area contributed by atoms with Gasteiger partial charge in [-0.1, -0.05) is 6.92 Å². The minimum absolute atomic E-state index is 0.0146. The molecule has 22 heavy (non-hydrogen) atoms. The van der Waals surface area contributed by atoms with Crippen molar-refractivity contribution in [2.75, 3.05) is 19.8 Å². The monoisotopic (exact) mass is 312 g/mol. The number of ether oxygens (including phenoxy) is 2. The Balaban J connectivity index is 3.03. The fraction of sp³-hybridized carbons (Fsp3) is 0.941. The molecule has 0 spiro atoms. The molecule has 1 N–H and O–H groups in total. The molecular formula is C17H32N2O3. The first-order valence-corrected chi connectivity index (χ1v) is 8.33. The molecule has 0 saturated carbocycles. The molecule has 3 unspecified atom stereocenters. The Morgan fingerprint density at radius 1 is 1.27 bits per heavy atom. The van der Waals surface area contributed by atoms with Crippen molar-refractivity contribution in [2.45, 2.75) is 72.1 Å². The van der Waals surface area contributed by atoms with Crippen molar-refractivity contribution in [3.05, 3.63) is 11.4 Å². The van der Waals surface area contributed by atoms with Gasteiger partial charge >= 0.3 is 0 Å². The number of aliphatic hydroxyl groups excluding tert-OH is 1. The summed E-state index contributed by atoms with van der Waals surface area (Å²) in [4.78, 5) is 5.67. The van der Waals surface area contributed by atoms with Crippen LogP contribution in [0.1, 0.15) is 41.5 Å². The molecule has 0 aliphatic carbocycles. The van der Waals surface area contributed by atoms with Crippen LogP contribution in [0.4, 0.5) is 0 Å². The Morgan fingerprint density at radius 3 is 2.36 bits per heavy atom. The highest BCUT2D eigenvalue weighted by molar-refractivity contribution is 4.90. The molecule has 0 amide bonds. The van der Waals surface area contributed by atoms with Gasteiger partial charge in [0.2, 0.25) is 6.54 Å². The maximum absolute atomic E-state index is 10.7. The molecule has 1 fully saturated rings. The first kappa shape index (κ1) is 19.4. The lowest BCUT2D eigenvalue weighted by Crippen LogP contribution is -2.58. The van der Waals surface area contributed by atoms with Gasteiger partial charge < -0.3 is 19.4 Å². The third-order valence-corrected chi connectivity index (χ3v) is 4.46. The van der Waals surface area contributed by atoms with Crippen molar-refractivity contribution in [1.82, 2.24) is 4.90 Å². The second kappa shape index (κ2) is 8.83. The molecule has 0 aromatic heterocycles. The van der Waals surface area contributed by atoms with E-state index in [1.807, 2.05) is 6.92 Å². The van der Waals surface area contributed by atoms with E-state index in [0.717, 1.165) is 0 Å². The van der Waals surface area contributed by atoms with Gasteiger partial charge in [-0.3, -0.25) is 4.90 Å². The molecule has 1 rings (SSSR count). The van der Waals surface area contributed by atoms with E-state index in [-0.39, 0.29) is 24.2 Å². The van der Waals surface area contributed by atoms with Crippen LogP contribution >= 0.6 is 0 Å². The second-order valence-corrected chi connectivity index (χ2v) is 6.86. The van der Waals surface area contributed by atoms with Crippen LogP contribution in [-0.4, -0.2) is 60.3 Å². The summed E-state index contributed by atoms with van der Waals surface area (Å²) in [5.41, 5.74) is 0. The molecule has 128 valence electrons. The zero-order chi connectivity index (χ0) is 16.9. The molecule has 5 heteroatoms. The minimum Gasteiger partial charge on any atom is -0.390 e. The first-order valence-electron chi connectivity index (χ1n) is 8.33. The lowest BCUT2D eigenvalue weighted by Gasteiger charge is -2.48. The van der Waals surface area contributed by atoms with Crippen molar-refractivity contribution in [1.29, 1.82) is 0 Å². The van der Waals surface area contributed by atoms with Gasteiger partial charge in [-0.05, 0) is 40.5 Å². The molecule has 5 nitrogen and oxygen atoms in total. The Kier molecular flexibility index (Phi) is 7.78. The van der Waals surface area contributed by atoms with Crippen LogP contribution < -0.4 is 0 Å². The predicted octanol–water partition coefficient (Wildman–Crippen LogP) is 2.40. The molecule has 0 aromatic rings. The summed E-state index contributed by atoms with van der Waals surface area (Å²) in [6.45, 7) is 20.9. The van der Waals surface area contributed by atoms with Gasteiger partial charge in [-0.15, -0.1) is 0 Å². The van der Waals surface area contributed by atoms with Gasteiger partial charge in [-0.2, -0.15) is 0 Å². The third kappa shape index (κ3) is 4.66. The summed E-state index contributed by atoms with van der Waals surface area (Å²) in [5, 5.41) is 10.7. The maximum Gasteiger partial charge on any atom is 0.237 e. The molecule has 0 radical (unpaired) electrons. The van der Waals surface area contributed by atoms with E-state index in [1.54, 1.807) is 0 Å². The summed E-state index contributed by atoms with van der Waals surface area (Å²) >= 11 is 0. The highest BCUT2D eigenvalue weighted by Crippen LogP contribution is 2.33. The number of hydrogen-bond acceptors (Lipinski definition) is 4. The van der Waals surface area contributed by atoms with Gasteiger partial charge in [-0.25, -0.2) is 6.57 Å². The molecule has 1 aliphatic heterocycles. The van der Waals surface area contributed by atoms with Crippen molar-refractivity contribution in [2.24, 2.45) is 11.8 Å². The average Bonchev–Trinajstić information content (AvgIpc) is 2.42. The number of aliphatic hydroxyl groups is 1. The van der Waals surface area contributed by atoms with E-state index in [4.69, 9.17) is 16.0 Å². The van der Waals surface area contributed by atoms with Gasteiger partial charge in [0, 0.05) is 18.0 Å². The number of rotatable bonds is 7. The summed E-state index contributed by atoms with van der Waals surface area (Å²) in [6.07, 6.45) is -0.936.